The fourth-order valence-corrected chi connectivity index (χ4v) is 6.06. The number of thiophene rings is 1. The lowest BCUT2D eigenvalue weighted by Crippen LogP contribution is -2.21. The molecule has 5 rings (SSSR count). The van der Waals surface area contributed by atoms with Crippen LogP contribution in [0.25, 0.3) is 21.2 Å². The first kappa shape index (κ1) is 28.7. The van der Waals surface area contributed by atoms with Crippen molar-refractivity contribution in [1.29, 1.82) is 0 Å². The number of nitrogens with two attached hydrogens (primary N) is 2. The number of nitrogens with one attached hydrogen (secondary N) is 2. The van der Waals surface area contributed by atoms with Crippen LogP contribution in [0, 0.1) is 0 Å². The van der Waals surface area contributed by atoms with Crippen LogP contribution >= 0.6 is 11.3 Å². The first-order valence-corrected chi connectivity index (χ1v) is 14.1. The Morgan fingerprint density at radius 1 is 1.00 bits per heavy atom. The predicted octanol–water partition coefficient (Wildman–Crippen LogP) is 6.80. The molecule has 7 N–H and O–H groups in total. The van der Waals surface area contributed by atoms with Crippen molar-refractivity contribution < 1.29 is 19.7 Å². The number of carbonyl (C=O) groups is 2. The van der Waals surface area contributed by atoms with Crippen LogP contribution < -0.4 is 22.1 Å². The van der Waals surface area contributed by atoms with E-state index < -0.39 is 5.97 Å². The Morgan fingerprint density at radius 2 is 1.74 bits per heavy atom. The number of pyridine rings is 1. The van der Waals surface area contributed by atoms with Crippen molar-refractivity contribution in [3.8, 4) is 11.1 Å². The number of hydrogen-bond acceptors (Lipinski definition) is 8. The molecule has 0 spiro atoms. The number of anilines is 3. The number of nitrogens with zero attached hydrogens (tertiary/aromatic N) is 1. The molecular formula is C32H31N5O4S. The summed E-state index contributed by atoms with van der Waals surface area (Å²) in [7, 11) is 0. The van der Waals surface area contributed by atoms with Gasteiger partial charge in [0.2, 0.25) is 0 Å². The molecule has 0 bridgehead atoms. The molecule has 2 heterocycles. The summed E-state index contributed by atoms with van der Waals surface area (Å²) in [4.78, 5) is 32.8. The molecule has 10 heteroatoms. The third-order valence-electron chi connectivity index (χ3n) is 7.17. The van der Waals surface area contributed by atoms with E-state index >= 15 is 0 Å². The summed E-state index contributed by atoms with van der Waals surface area (Å²) in [5.74, 6) is -0.358. The second-order valence-corrected chi connectivity index (χ2v) is 11.5. The molecule has 0 aliphatic rings. The third-order valence-corrected chi connectivity index (χ3v) is 8.22. The fraction of sp³-hybridized carbons (Fsp3) is 0.156. The minimum atomic E-state index is -0.800. The van der Waals surface area contributed by atoms with Crippen LogP contribution in [0.2, 0.25) is 0 Å². The molecule has 0 saturated heterocycles. The smallest absolute Gasteiger partial charge is 0.372 e. The summed E-state index contributed by atoms with van der Waals surface area (Å²) in [6.07, 6.45) is 2.45. The van der Waals surface area contributed by atoms with Crippen molar-refractivity contribution in [2.75, 3.05) is 16.4 Å². The lowest BCUT2D eigenvalue weighted by Gasteiger charge is -2.26. The van der Waals surface area contributed by atoms with Crippen LogP contribution in [0.5, 0.6) is 0 Å². The van der Waals surface area contributed by atoms with Gasteiger partial charge in [-0.05, 0) is 75.9 Å². The molecule has 0 fully saturated rings. The van der Waals surface area contributed by atoms with E-state index in [0.717, 1.165) is 37.9 Å². The summed E-state index contributed by atoms with van der Waals surface area (Å²) >= 11 is 1.60. The Bertz CT molecular complexity index is 1770. The standard InChI is InChI=1S/C32H31N5O4S/c1-32(2,23-7-4-6-21(14-23)30(38)41-40)15-22-17-35-29(34)27-26(18-42-28(22)27)20-9-11-24(12-10-20)36-31(39)37-25-8-3-5-19(13-25)16-33/h3-14,17-18,40H,15-16,33H2,1-2H3,(H2,34,35)(H2,36,37,39). The third kappa shape index (κ3) is 6.10. The van der Waals surface area contributed by atoms with Gasteiger partial charge in [-0.1, -0.05) is 50.2 Å². The van der Waals surface area contributed by atoms with Crippen molar-refractivity contribution >= 4 is 50.6 Å². The van der Waals surface area contributed by atoms with Crippen molar-refractivity contribution in [2.45, 2.75) is 32.2 Å². The normalized spacial score (nSPS) is 11.3. The molecule has 0 atom stereocenters. The van der Waals surface area contributed by atoms with E-state index in [4.69, 9.17) is 16.7 Å². The van der Waals surface area contributed by atoms with Crippen LogP contribution in [0.1, 0.15) is 40.9 Å². The highest BCUT2D eigenvalue weighted by Crippen LogP contribution is 2.41. The highest BCUT2D eigenvalue weighted by atomic mass is 32.1. The summed E-state index contributed by atoms with van der Waals surface area (Å²) in [6.45, 7) is 4.57. The number of hydrogen-bond donors (Lipinski definition) is 5. The Labute approximate surface area is 247 Å². The molecule has 0 aliphatic carbocycles. The Morgan fingerprint density at radius 3 is 2.48 bits per heavy atom. The number of carbonyl (C=O) groups excluding carboxylic acids is 2. The minimum Gasteiger partial charge on any atom is -0.383 e. The highest BCUT2D eigenvalue weighted by Gasteiger charge is 2.25. The molecule has 42 heavy (non-hydrogen) atoms. The van der Waals surface area contributed by atoms with Gasteiger partial charge < -0.3 is 22.1 Å². The predicted molar refractivity (Wildman–Crippen MR) is 168 cm³/mol. The fourth-order valence-electron chi connectivity index (χ4n) is 4.96. The molecule has 3 aromatic carbocycles. The summed E-state index contributed by atoms with van der Waals surface area (Å²) in [6, 6.07) is 21.6. The number of fused-ring (bicyclic) bond motifs is 1. The Balaban J connectivity index is 1.36. The lowest BCUT2D eigenvalue weighted by molar-refractivity contribution is -0.182. The van der Waals surface area contributed by atoms with Crippen LogP contribution in [0.15, 0.2) is 84.4 Å². The maximum atomic E-state index is 12.5. The first-order valence-electron chi connectivity index (χ1n) is 13.3. The first-order chi connectivity index (χ1) is 20.2. The van der Waals surface area contributed by atoms with Gasteiger partial charge in [0, 0.05) is 39.8 Å². The number of aromatic nitrogens is 1. The van der Waals surface area contributed by atoms with Gasteiger partial charge >= 0.3 is 12.0 Å². The Hall–Kier alpha value is -4.77. The molecule has 0 saturated carbocycles. The van der Waals surface area contributed by atoms with Gasteiger partial charge in [0.1, 0.15) is 5.82 Å². The number of amides is 2. The van der Waals surface area contributed by atoms with Gasteiger partial charge in [-0.15, -0.1) is 11.3 Å². The zero-order valence-electron chi connectivity index (χ0n) is 23.2. The number of nitrogen functional groups attached to an aromatic ring is 1. The average molecular weight is 582 g/mol. The quantitative estimate of drug-likeness (QED) is 0.0998. The largest absolute Gasteiger partial charge is 0.383 e. The van der Waals surface area contributed by atoms with Crippen molar-refractivity contribution in [1.82, 2.24) is 4.98 Å². The average Bonchev–Trinajstić information content (AvgIpc) is 3.45. The second kappa shape index (κ2) is 12.0. The monoisotopic (exact) mass is 581 g/mol. The van der Waals surface area contributed by atoms with Gasteiger partial charge in [0.15, 0.2) is 0 Å². The van der Waals surface area contributed by atoms with Crippen molar-refractivity contribution in [3.05, 3.63) is 107 Å². The SMILES string of the molecule is CC(C)(Cc1cnc(N)c2c(-c3ccc(NC(=O)Nc4cccc(CN)c4)cc3)csc12)c1cccc(C(=O)OO)c1. The van der Waals surface area contributed by atoms with Crippen LogP contribution in [0.3, 0.4) is 0 Å². The van der Waals surface area contributed by atoms with Gasteiger partial charge in [-0.25, -0.2) is 14.6 Å². The molecule has 0 aliphatic heterocycles. The zero-order valence-corrected chi connectivity index (χ0v) is 24.0. The second-order valence-electron chi connectivity index (χ2n) is 10.6. The van der Waals surface area contributed by atoms with E-state index in [1.54, 1.807) is 35.7 Å². The molecule has 2 aromatic heterocycles. The molecule has 0 unspecified atom stereocenters. The topological polar surface area (TPSA) is 153 Å². The van der Waals surface area contributed by atoms with E-state index in [1.807, 2.05) is 54.6 Å². The summed E-state index contributed by atoms with van der Waals surface area (Å²) in [5.41, 5.74) is 18.1. The zero-order chi connectivity index (χ0) is 29.9. The van der Waals surface area contributed by atoms with E-state index in [1.165, 1.54) is 0 Å². The van der Waals surface area contributed by atoms with Crippen molar-refractivity contribution in [3.63, 3.8) is 0 Å². The molecule has 9 nitrogen and oxygen atoms in total. The molecule has 5 aromatic rings. The van der Waals surface area contributed by atoms with Gasteiger partial charge in [-0.3, -0.25) is 4.89 Å². The molecule has 2 amide bonds. The maximum Gasteiger partial charge on any atom is 0.372 e. The number of benzene rings is 3. The van der Waals surface area contributed by atoms with E-state index in [0.29, 0.717) is 30.2 Å². The molecular weight excluding hydrogens is 550 g/mol. The number of rotatable bonds is 8. The minimum absolute atomic E-state index is 0.276. The van der Waals surface area contributed by atoms with Crippen LogP contribution in [0.4, 0.5) is 22.0 Å². The van der Waals surface area contributed by atoms with Crippen LogP contribution in [-0.2, 0) is 23.3 Å². The lowest BCUT2D eigenvalue weighted by atomic mass is 9.79. The van der Waals surface area contributed by atoms with E-state index in [9.17, 15) is 9.59 Å². The molecule has 0 radical (unpaired) electrons. The molecule has 214 valence electrons. The summed E-state index contributed by atoms with van der Waals surface area (Å²) < 4.78 is 1.04. The highest BCUT2D eigenvalue weighted by molar-refractivity contribution is 7.18. The van der Waals surface area contributed by atoms with Gasteiger partial charge in [0.25, 0.3) is 0 Å². The van der Waals surface area contributed by atoms with E-state index in [-0.39, 0.29) is 17.0 Å². The van der Waals surface area contributed by atoms with Gasteiger partial charge in [0.05, 0.1) is 5.56 Å². The number of urea groups is 1. The van der Waals surface area contributed by atoms with Gasteiger partial charge in [-0.2, -0.15) is 5.26 Å². The maximum absolute atomic E-state index is 12.5. The van der Waals surface area contributed by atoms with Crippen LogP contribution in [-0.4, -0.2) is 22.2 Å². The van der Waals surface area contributed by atoms with Crippen molar-refractivity contribution in [2.24, 2.45) is 5.73 Å². The Kier molecular flexibility index (Phi) is 8.21. The van der Waals surface area contributed by atoms with E-state index in [2.05, 4.69) is 39.7 Å². The summed E-state index contributed by atoms with van der Waals surface area (Å²) in [5, 5.41) is 17.4.